The average Bonchev–Trinajstić information content (AvgIpc) is 2.82. The largest absolute Gasteiger partial charge is 0.465 e. The van der Waals surface area contributed by atoms with E-state index in [2.05, 4.69) is 0 Å². The van der Waals surface area contributed by atoms with Gasteiger partial charge in [0.25, 0.3) is 0 Å². The van der Waals surface area contributed by atoms with Gasteiger partial charge in [0.1, 0.15) is 0 Å². The molecule has 0 N–H and O–H groups in total. The molecule has 3 fully saturated rings. The minimum Gasteiger partial charge on any atom is -0.465 e. The first kappa shape index (κ1) is 8.72. The molecule has 3 nitrogen and oxygen atoms in total. The van der Waals surface area contributed by atoms with Crippen LogP contribution >= 0.6 is 0 Å². The molecule has 2 aliphatic carbocycles. The molecule has 0 aromatic rings. The molecule has 78 valence electrons. The predicted octanol–water partition coefficient (Wildman–Crippen LogP) is 1.36. The van der Waals surface area contributed by atoms with Gasteiger partial charge in [-0.05, 0) is 37.5 Å². The minimum absolute atomic E-state index is 0.0690. The van der Waals surface area contributed by atoms with E-state index in [1.54, 1.807) is 7.11 Å². The summed E-state index contributed by atoms with van der Waals surface area (Å²) in [5.74, 6) is 1.21. The second kappa shape index (κ2) is 2.72. The summed E-state index contributed by atoms with van der Waals surface area (Å²) in [4.78, 5) is 11.7. The SMILES string of the molecule is COC1CC2CC1CC21CCOC1=O. The van der Waals surface area contributed by atoms with Crippen molar-refractivity contribution in [3.05, 3.63) is 0 Å². The smallest absolute Gasteiger partial charge is 0.312 e. The maximum atomic E-state index is 11.7. The first-order chi connectivity index (χ1) is 6.76. The quantitative estimate of drug-likeness (QED) is 0.594. The second-order valence-electron chi connectivity index (χ2n) is 4.95. The van der Waals surface area contributed by atoms with Crippen LogP contribution in [0.15, 0.2) is 0 Å². The molecular formula is C11H16O3. The lowest BCUT2D eigenvalue weighted by Crippen LogP contribution is -2.36. The number of rotatable bonds is 1. The highest BCUT2D eigenvalue weighted by Crippen LogP contribution is 2.60. The zero-order valence-electron chi connectivity index (χ0n) is 8.49. The number of cyclic esters (lactones) is 1. The standard InChI is InChI=1S/C11H16O3/c1-13-9-5-8-4-7(9)6-11(8)2-3-14-10(11)12/h7-9H,2-6H2,1H3. The van der Waals surface area contributed by atoms with Crippen LogP contribution in [0.3, 0.4) is 0 Å². The Bertz CT molecular complexity index is 276. The Labute approximate surface area is 83.8 Å². The van der Waals surface area contributed by atoms with E-state index in [0.717, 1.165) is 19.3 Å². The van der Waals surface area contributed by atoms with Crippen LogP contribution < -0.4 is 0 Å². The van der Waals surface area contributed by atoms with Crippen molar-refractivity contribution in [3.63, 3.8) is 0 Å². The number of methoxy groups -OCH3 is 1. The van der Waals surface area contributed by atoms with E-state index in [1.807, 2.05) is 0 Å². The van der Waals surface area contributed by atoms with Gasteiger partial charge in [-0.1, -0.05) is 0 Å². The van der Waals surface area contributed by atoms with Crippen LogP contribution in [0, 0.1) is 17.3 Å². The van der Waals surface area contributed by atoms with Crippen molar-refractivity contribution in [2.45, 2.75) is 31.8 Å². The zero-order valence-corrected chi connectivity index (χ0v) is 8.49. The summed E-state index contributed by atoms with van der Waals surface area (Å²) < 4.78 is 10.6. The van der Waals surface area contributed by atoms with Gasteiger partial charge in [-0.2, -0.15) is 0 Å². The number of ether oxygens (including phenoxy) is 2. The predicted molar refractivity (Wildman–Crippen MR) is 49.6 cm³/mol. The van der Waals surface area contributed by atoms with Crippen molar-refractivity contribution in [1.29, 1.82) is 0 Å². The minimum atomic E-state index is -0.0975. The molecule has 1 heterocycles. The number of carbonyl (C=O) groups excluding carboxylic acids is 1. The lowest BCUT2D eigenvalue weighted by Gasteiger charge is -2.32. The molecule has 0 radical (unpaired) electrons. The van der Waals surface area contributed by atoms with Crippen LogP contribution in [-0.4, -0.2) is 25.8 Å². The average molecular weight is 196 g/mol. The maximum absolute atomic E-state index is 11.7. The van der Waals surface area contributed by atoms with Crippen LogP contribution in [0.1, 0.15) is 25.7 Å². The Hall–Kier alpha value is -0.570. The fourth-order valence-corrected chi connectivity index (χ4v) is 3.80. The third kappa shape index (κ3) is 0.888. The Morgan fingerprint density at radius 2 is 2.36 bits per heavy atom. The Kier molecular flexibility index (Phi) is 1.69. The van der Waals surface area contributed by atoms with Gasteiger partial charge in [0, 0.05) is 7.11 Å². The first-order valence-electron chi connectivity index (χ1n) is 5.46. The molecule has 3 aliphatic rings. The molecule has 0 aromatic carbocycles. The number of fused-ring (bicyclic) bond motifs is 3. The van der Waals surface area contributed by atoms with Crippen molar-refractivity contribution >= 4 is 5.97 Å². The van der Waals surface area contributed by atoms with E-state index >= 15 is 0 Å². The topological polar surface area (TPSA) is 35.5 Å². The van der Waals surface area contributed by atoms with Crippen molar-refractivity contribution < 1.29 is 14.3 Å². The van der Waals surface area contributed by atoms with Gasteiger partial charge in [-0.25, -0.2) is 0 Å². The summed E-state index contributed by atoms with van der Waals surface area (Å²) in [6.45, 7) is 0.639. The van der Waals surface area contributed by atoms with Gasteiger partial charge < -0.3 is 9.47 Å². The molecule has 4 atom stereocenters. The van der Waals surface area contributed by atoms with E-state index in [0.29, 0.717) is 24.5 Å². The highest BCUT2D eigenvalue weighted by atomic mass is 16.5. The monoisotopic (exact) mass is 196 g/mol. The third-order valence-corrected chi connectivity index (χ3v) is 4.53. The van der Waals surface area contributed by atoms with E-state index in [4.69, 9.17) is 9.47 Å². The summed E-state index contributed by atoms with van der Waals surface area (Å²) in [7, 11) is 1.78. The van der Waals surface area contributed by atoms with E-state index < -0.39 is 0 Å². The van der Waals surface area contributed by atoms with Gasteiger partial charge in [-0.3, -0.25) is 4.79 Å². The lowest BCUT2D eigenvalue weighted by molar-refractivity contribution is -0.149. The summed E-state index contributed by atoms with van der Waals surface area (Å²) in [6.07, 6.45) is 4.60. The first-order valence-corrected chi connectivity index (χ1v) is 5.46. The fraction of sp³-hybridized carbons (Fsp3) is 0.909. The van der Waals surface area contributed by atoms with Gasteiger partial charge in [-0.15, -0.1) is 0 Å². The van der Waals surface area contributed by atoms with Crippen LogP contribution in [-0.2, 0) is 14.3 Å². The molecule has 14 heavy (non-hydrogen) atoms. The molecule has 3 rings (SSSR count). The zero-order chi connectivity index (χ0) is 9.76. The summed E-state index contributed by atoms with van der Waals surface area (Å²) in [5.41, 5.74) is -0.0975. The molecule has 1 spiro atoms. The Balaban J connectivity index is 1.85. The van der Waals surface area contributed by atoms with E-state index in [1.165, 1.54) is 6.42 Å². The summed E-state index contributed by atoms with van der Waals surface area (Å²) in [6, 6.07) is 0. The molecule has 4 unspecified atom stereocenters. The van der Waals surface area contributed by atoms with Crippen LogP contribution in [0.5, 0.6) is 0 Å². The molecule has 2 saturated carbocycles. The fourth-order valence-electron chi connectivity index (χ4n) is 3.80. The normalized spacial score (nSPS) is 50.4. The number of esters is 1. The van der Waals surface area contributed by atoms with Crippen LogP contribution in [0.25, 0.3) is 0 Å². The molecule has 2 bridgehead atoms. The van der Waals surface area contributed by atoms with Crippen molar-refractivity contribution in [2.75, 3.05) is 13.7 Å². The van der Waals surface area contributed by atoms with Crippen molar-refractivity contribution in [2.24, 2.45) is 17.3 Å². The van der Waals surface area contributed by atoms with Crippen LogP contribution in [0.4, 0.5) is 0 Å². The Morgan fingerprint density at radius 1 is 1.50 bits per heavy atom. The van der Waals surface area contributed by atoms with Crippen LogP contribution in [0.2, 0.25) is 0 Å². The molecule has 3 heteroatoms. The van der Waals surface area contributed by atoms with Gasteiger partial charge in [0.15, 0.2) is 0 Å². The summed E-state index contributed by atoms with van der Waals surface area (Å²) in [5, 5.41) is 0. The molecule has 1 aliphatic heterocycles. The lowest BCUT2D eigenvalue weighted by atomic mass is 9.71. The summed E-state index contributed by atoms with van der Waals surface area (Å²) >= 11 is 0. The van der Waals surface area contributed by atoms with Crippen molar-refractivity contribution in [3.8, 4) is 0 Å². The second-order valence-corrected chi connectivity index (χ2v) is 4.95. The highest BCUT2D eigenvalue weighted by Gasteiger charge is 2.61. The molecule has 0 amide bonds. The van der Waals surface area contributed by atoms with Gasteiger partial charge >= 0.3 is 5.97 Å². The number of hydrogen-bond acceptors (Lipinski definition) is 3. The number of carbonyl (C=O) groups is 1. The van der Waals surface area contributed by atoms with Crippen molar-refractivity contribution in [1.82, 2.24) is 0 Å². The Morgan fingerprint density at radius 3 is 2.86 bits per heavy atom. The highest BCUT2D eigenvalue weighted by molar-refractivity contribution is 5.79. The molecule has 1 saturated heterocycles. The third-order valence-electron chi connectivity index (χ3n) is 4.53. The van der Waals surface area contributed by atoms with E-state index in [-0.39, 0.29) is 11.4 Å². The molecular weight excluding hydrogens is 180 g/mol. The van der Waals surface area contributed by atoms with Gasteiger partial charge in [0.05, 0.1) is 18.1 Å². The van der Waals surface area contributed by atoms with Gasteiger partial charge in [0.2, 0.25) is 0 Å². The molecule has 0 aromatic heterocycles. The maximum Gasteiger partial charge on any atom is 0.312 e. The number of hydrogen-bond donors (Lipinski definition) is 0. The van der Waals surface area contributed by atoms with E-state index in [9.17, 15) is 4.79 Å².